The van der Waals surface area contributed by atoms with Gasteiger partial charge in [-0.15, -0.1) is 0 Å². The van der Waals surface area contributed by atoms with E-state index in [9.17, 15) is 107 Å². The van der Waals surface area contributed by atoms with Crippen molar-refractivity contribution in [2.24, 2.45) is 35.0 Å². The van der Waals surface area contributed by atoms with Crippen molar-refractivity contribution in [3.05, 3.63) is 77.9 Å². The standard InChI is InChI=1S/C68H101N17O22/c1-10-33(6)54(84-57(95)42(69)21-31(2)3)66(104)81-44(22-32(4)5)60(98)76-43(19-20-53(92)93)58(96)79-48(26-51(70)90)63(101)78-47(25-39-28-72-30-73-39)62(100)77-46(24-38-13-17-41(89)18-14-38)61(99)80-49(27-52(71)91)64(102)85-55(36(9)87)67(105)82-45(23-37-11-15-40(88)16-12-37)59(97)74-34(7)56(94)83-50(29-86)65(103)75-35(8)68(106)107/h11-18,28,30-36,42-50,54-55,86-89H,10,19-27,29,69H2,1-9H3,(H2,70,90)(H2,71,91)(H,72,73)(H,74,97)(H,75,103)(H,76,98)(H,77,100)(H,78,101)(H,79,96)(H,80,99)(H,81,104)(H,82,105)(H,83,94)(H,84,95)(H,85,102)(H,92,93)(H,106,107)/t33-,34-,35-,36+,42-,43-,44-,45-,46-,47-,48-,49-,50-,54-,55-/m0/s1. The Labute approximate surface area is 615 Å². The zero-order valence-corrected chi connectivity index (χ0v) is 60.8. The molecule has 0 radical (unpaired) electrons. The van der Waals surface area contributed by atoms with Crippen LogP contribution in [0.2, 0.25) is 0 Å². The summed E-state index contributed by atoms with van der Waals surface area (Å²) in [6.45, 7) is 12.9. The average Bonchev–Trinajstić information content (AvgIpc) is 1.19. The summed E-state index contributed by atoms with van der Waals surface area (Å²) in [4.78, 5) is 224. The molecule has 0 aliphatic carbocycles. The van der Waals surface area contributed by atoms with Crippen LogP contribution in [0.3, 0.4) is 0 Å². The zero-order chi connectivity index (χ0) is 80.7. The van der Waals surface area contributed by atoms with Crippen LogP contribution >= 0.6 is 0 Å². The quantitative estimate of drug-likeness (QED) is 0.0251. The number of H-pyrrole nitrogens is 1. The van der Waals surface area contributed by atoms with Gasteiger partial charge in [0.2, 0.25) is 82.7 Å². The van der Waals surface area contributed by atoms with Gasteiger partial charge in [-0.2, -0.15) is 0 Å². The van der Waals surface area contributed by atoms with E-state index in [-0.39, 0.29) is 46.6 Å². The topological polar surface area (TPSA) is 646 Å². The maximum absolute atomic E-state index is 14.8. The molecule has 590 valence electrons. The first-order valence-corrected chi connectivity index (χ1v) is 34.4. The van der Waals surface area contributed by atoms with Crippen LogP contribution in [0.15, 0.2) is 61.1 Å². The Morgan fingerprint density at radius 2 is 0.832 bits per heavy atom. The van der Waals surface area contributed by atoms with Crippen LogP contribution in [-0.2, 0) is 96.0 Å². The molecule has 0 saturated heterocycles. The first-order chi connectivity index (χ1) is 50.1. The lowest BCUT2D eigenvalue weighted by molar-refractivity contribution is -0.142. The monoisotopic (exact) mass is 1510 g/mol. The number of primary amides is 2. The highest BCUT2D eigenvalue weighted by molar-refractivity contribution is 6.01. The molecule has 0 unspecified atom stereocenters. The van der Waals surface area contributed by atoms with Gasteiger partial charge < -0.3 is 117 Å². The van der Waals surface area contributed by atoms with Gasteiger partial charge in [-0.25, -0.2) is 4.98 Å². The number of phenolic OH excluding ortho intramolecular Hbond substituents is 2. The lowest BCUT2D eigenvalue weighted by atomic mass is 9.95. The zero-order valence-electron chi connectivity index (χ0n) is 60.8. The number of carboxylic acids is 2. The molecule has 0 aliphatic heterocycles. The van der Waals surface area contributed by atoms with E-state index in [2.05, 4.69) is 73.8 Å². The van der Waals surface area contributed by atoms with E-state index < -0.39 is 237 Å². The third-order valence-electron chi connectivity index (χ3n) is 16.5. The Balaban J connectivity index is 2.01. The molecular formula is C68H101N17O22. The van der Waals surface area contributed by atoms with Gasteiger partial charge in [0.15, 0.2) is 0 Å². The number of benzene rings is 2. The fraction of sp³-hybridized carbons (Fsp3) is 0.544. The molecule has 1 heterocycles. The van der Waals surface area contributed by atoms with Gasteiger partial charge in [-0.3, -0.25) is 76.7 Å². The number of carbonyl (C=O) groups excluding carboxylic acids is 14. The molecule has 39 heteroatoms. The molecule has 0 fully saturated rings. The lowest BCUT2D eigenvalue weighted by Crippen LogP contribution is -2.62. The number of aromatic nitrogens is 2. The molecular weight excluding hydrogens is 1410 g/mol. The van der Waals surface area contributed by atoms with E-state index >= 15 is 0 Å². The second kappa shape index (κ2) is 43.8. The molecule has 0 bridgehead atoms. The van der Waals surface area contributed by atoms with Crippen LogP contribution in [0.1, 0.15) is 124 Å². The Kier molecular flexibility index (Phi) is 36.8. The largest absolute Gasteiger partial charge is 0.508 e. The number of nitrogens with zero attached hydrogens (tertiary/aromatic N) is 1. The highest BCUT2D eigenvalue weighted by Crippen LogP contribution is 2.17. The number of aliphatic carboxylic acids is 2. The summed E-state index contributed by atoms with van der Waals surface area (Å²) in [5, 5.41) is 88.1. The summed E-state index contributed by atoms with van der Waals surface area (Å²) >= 11 is 0. The molecule has 14 amide bonds. The summed E-state index contributed by atoms with van der Waals surface area (Å²) in [5.41, 5.74) is 17.9. The van der Waals surface area contributed by atoms with Crippen molar-refractivity contribution >= 4 is 94.6 Å². The Morgan fingerprint density at radius 3 is 1.27 bits per heavy atom. The van der Waals surface area contributed by atoms with Gasteiger partial charge in [-0.05, 0) is 93.2 Å². The van der Waals surface area contributed by atoms with Gasteiger partial charge in [0.25, 0.3) is 0 Å². The molecule has 15 atom stereocenters. The third kappa shape index (κ3) is 31.5. The summed E-state index contributed by atoms with van der Waals surface area (Å²) in [6.07, 6.45) is -3.63. The predicted octanol–water partition coefficient (Wildman–Crippen LogP) is -5.75. The molecule has 0 aliphatic rings. The van der Waals surface area contributed by atoms with Crippen molar-refractivity contribution < 1.29 is 107 Å². The molecule has 3 rings (SSSR count). The smallest absolute Gasteiger partial charge is 0.325 e. The van der Waals surface area contributed by atoms with Crippen LogP contribution in [0, 0.1) is 17.8 Å². The van der Waals surface area contributed by atoms with Crippen molar-refractivity contribution in [3.63, 3.8) is 0 Å². The second-order valence-electron chi connectivity index (χ2n) is 26.7. The normalized spacial score (nSPS) is 15.4. The molecule has 3 aromatic rings. The summed E-state index contributed by atoms with van der Waals surface area (Å²) in [5.74, 6) is -19.9. The van der Waals surface area contributed by atoms with Gasteiger partial charge in [0.05, 0.1) is 37.9 Å². The number of hydrogen-bond acceptors (Lipinski definition) is 22. The molecule has 0 spiro atoms. The number of carboxylic acid groups (broad SMARTS) is 2. The number of nitrogens with two attached hydrogens (primary N) is 3. The highest BCUT2D eigenvalue weighted by Gasteiger charge is 2.39. The maximum Gasteiger partial charge on any atom is 0.325 e. The number of amides is 14. The summed E-state index contributed by atoms with van der Waals surface area (Å²) in [7, 11) is 0. The van der Waals surface area contributed by atoms with Crippen LogP contribution in [0.25, 0.3) is 0 Å². The summed E-state index contributed by atoms with van der Waals surface area (Å²) in [6, 6.07) is -11.3. The van der Waals surface area contributed by atoms with Gasteiger partial charge >= 0.3 is 11.9 Å². The van der Waals surface area contributed by atoms with Crippen molar-refractivity contribution in [2.75, 3.05) is 6.61 Å². The molecule has 107 heavy (non-hydrogen) atoms. The first kappa shape index (κ1) is 89.9. The van der Waals surface area contributed by atoms with E-state index in [1.807, 2.05) is 13.8 Å². The number of aliphatic hydroxyl groups excluding tert-OH is 2. The Morgan fingerprint density at radius 1 is 0.449 bits per heavy atom. The minimum Gasteiger partial charge on any atom is -0.508 e. The van der Waals surface area contributed by atoms with Gasteiger partial charge in [0.1, 0.15) is 84.0 Å². The molecule has 39 nitrogen and oxygen atoms in total. The van der Waals surface area contributed by atoms with Crippen LogP contribution in [-0.4, -0.2) is 227 Å². The number of aliphatic hydroxyl groups is 2. The van der Waals surface area contributed by atoms with Crippen molar-refractivity contribution in [3.8, 4) is 11.5 Å². The number of nitrogens with one attached hydrogen (secondary N) is 13. The number of aromatic hydroxyl groups is 2. The van der Waals surface area contributed by atoms with E-state index in [1.54, 1.807) is 27.7 Å². The van der Waals surface area contributed by atoms with E-state index in [0.717, 1.165) is 20.8 Å². The molecule has 2 aromatic carbocycles. The van der Waals surface area contributed by atoms with Crippen LogP contribution < -0.4 is 81.0 Å². The highest BCUT2D eigenvalue weighted by atomic mass is 16.4. The lowest BCUT2D eigenvalue weighted by Gasteiger charge is -2.29. The minimum atomic E-state index is -2.07. The Bertz CT molecular complexity index is 3580. The first-order valence-electron chi connectivity index (χ1n) is 34.4. The Hall–Kier alpha value is -11.4. The average molecular weight is 1510 g/mol. The molecule has 25 N–H and O–H groups in total. The summed E-state index contributed by atoms with van der Waals surface area (Å²) < 4.78 is 0. The number of hydrogen-bond donors (Lipinski definition) is 22. The number of carbonyl (C=O) groups is 16. The number of aromatic amines is 1. The van der Waals surface area contributed by atoms with Crippen molar-refractivity contribution in [2.45, 2.75) is 211 Å². The van der Waals surface area contributed by atoms with E-state index in [4.69, 9.17) is 17.2 Å². The minimum absolute atomic E-state index is 0.0317. The fourth-order valence-corrected chi connectivity index (χ4v) is 10.4. The maximum atomic E-state index is 14.8. The predicted molar refractivity (Wildman–Crippen MR) is 378 cm³/mol. The number of rotatable bonds is 46. The number of phenols is 2. The molecule has 1 aromatic heterocycles. The molecule has 0 saturated carbocycles. The number of imidazole rings is 1. The van der Waals surface area contributed by atoms with Gasteiger partial charge in [0, 0.05) is 37.6 Å². The van der Waals surface area contributed by atoms with Crippen LogP contribution in [0.4, 0.5) is 0 Å². The second-order valence-corrected chi connectivity index (χ2v) is 26.7. The van der Waals surface area contributed by atoms with E-state index in [0.29, 0.717) is 12.8 Å². The van der Waals surface area contributed by atoms with Crippen LogP contribution in [0.5, 0.6) is 11.5 Å². The van der Waals surface area contributed by atoms with Crippen molar-refractivity contribution in [1.82, 2.24) is 73.8 Å². The SMILES string of the molecule is CC[C@H](C)[C@H](NC(=O)[C@@H](N)CC(C)C)C(=O)N[C@@H](CC(C)C)C(=O)N[C@@H](CCC(=O)O)C(=O)N[C@@H](CC(N)=O)C(=O)N[C@@H](Cc1cnc[nH]1)C(=O)N[C@@H](Cc1ccc(O)cc1)C(=O)N[C@@H](CC(N)=O)C(=O)N[C@H](C(=O)N[C@@H](Cc1ccc(O)cc1)C(=O)N[C@@H](C)C(=O)N[C@@H](CO)C(=O)N[C@@H](C)C(=O)O)[C@@H](C)O. The third-order valence-corrected chi connectivity index (χ3v) is 16.5. The van der Waals surface area contributed by atoms with E-state index in [1.165, 1.54) is 61.1 Å². The fourth-order valence-electron chi connectivity index (χ4n) is 10.4. The van der Waals surface area contributed by atoms with Gasteiger partial charge in [-0.1, -0.05) is 72.2 Å². The van der Waals surface area contributed by atoms with Crippen molar-refractivity contribution in [1.29, 1.82) is 0 Å².